The summed E-state index contributed by atoms with van der Waals surface area (Å²) >= 11 is 0. The summed E-state index contributed by atoms with van der Waals surface area (Å²) in [4.78, 5) is 2.97. The Morgan fingerprint density at radius 2 is 1.50 bits per heavy atom. The van der Waals surface area contributed by atoms with Crippen molar-refractivity contribution in [2.75, 3.05) is 0 Å². The summed E-state index contributed by atoms with van der Waals surface area (Å²) in [6.07, 6.45) is -4.56. The van der Waals surface area contributed by atoms with E-state index in [1.165, 1.54) is 20.8 Å². The zero-order valence-corrected chi connectivity index (χ0v) is 7.37. The first kappa shape index (κ1) is 11.4. The van der Waals surface area contributed by atoms with Gasteiger partial charge >= 0.3 is 6.18 Å². The molecule has 0 aliphatic rings. The van der Waals surface area contributed by atoms with Crippen molar-refractivity contribution in [2.45, 2.75) is 32.6 Å². The summed E-state index contributed by atoms with van der Waals surface area (Å²) in [6.45, 7) is 6.98. The van der Waals surface area contributed by atoms with Crippen molar-refractivity contribution in [1.82, 2.24) is 0 Å². The van der Waals surface area contributed by atoms with Gasteiger partial charge in [0.1, 0.15) is 0 Å². The van der Waals surface area contributed by atoms with E-state index in [1.807, 2.05) is 0 Å². The molecule has 0 bridgehead atoms. The van der Waals surface area contributed by atoms with E-state index >= 15 is 0 Å². The van der Waals surface area contributed by atoms with E-state index in [9.17, 15) is 13.2 Å². The molecule has 0 heterocycles. The zero-order valence-electron chi connectivity index (χ0n) is 7.37. The summed E-state index contributed by atoms with van der Waals surface area (Å²) in [5, 5.41) is 0. The molecule has 12 heavy (non-hydrogen) atoms. The van der Waals surface area contributed by atoms with Crippen LogP contribution < -0.4 is 5.73 Å². The molecule has 0 aromatic heterocycles. The van der Waals surface area contributed by atoms with Crippen molar-refractivity contribution in [3.63, 3.8) is 0 Å². The standard InChI is InChI=1S/C7H13F3N2/c1-5(2,3)6(11,12-4)7(8,9)10/h4,11H2,1-3H3. The first-order valence-electron chi connectivity index (χ1n) is 3.40. The minimum Gasteiger partial charge on any atom is -0.299 e. The lowest BCUT2D eigenvalue weighted by Crippen LogP contribution is -2.60. The van der Waals surface area contributed by atoms with E-state index in [0.29, 0.717) is 0 Å². The maximum atomic E-state index is 12.3. The van der Waals surface area contributed by atoms with Gasteiger partial charge in [-0.05, 0) is 6.72 Å². The average Bonchev–Trinajstić information content (AvgIpc) is 1.81. The van der Waals surface area contributed by atoms with Gasteiger partial charge in [-0.3, -0.25) is 10.7 Å². The second-order valence-corrected chi connectivity index (χ2v) is 3.67. The van der Waals surface area contributed by atoms with Gasteiger partial charge in [0.05, 0.1) is 0 Å². The average molecular weight is 182 g/mol. The van der Waals surface area contributed by atoms with Crippen LogP contribution in [0.5, 0.6) is 0 Å². The maximum absolute atomic E-state index is 12.3. The fourth-order valence-electron chi connectivity index (χ4n) is 0.752. The predicted molar refractivity (Wildman–Crippen MR) is 42.0 cm³/mol. The predicted octanol–water partition coefficient (Wildman–Crippen LogP) is 1.95. The van der Waals surface area contributed by atoms with E-state index in [1.54, 1.807) is 0 Å². The molecule has 2 nitrogen and oxygen atoms in total. The molecule has 0 aromatic carbocycles. The highest BCUT2D eigenvalue weighted by Gasteiger charge is 2.58. The number of hydrogen-bond acceptors (Lipinski definition) is 2. The Balaban J connectivity index is 5.09. The van der Waals surface area contributed by atoms with Crippen LogP contribution >= 0.6 is 0 Å². The Bertz CT molecular complexity index is 164. The number of nitrogens with two attached hydrogens (primary N) is 1. The van der Waals surface area contributed by atoms with Gasteiger partial charge in [0.2, 0.25) is 5.66 Å². The van der Waals surface area contributed by atoms with E-state index in [0.717, 1.165) is 0 Å². The summed E-state index contributed by atoms with van der Waals surface area (Å²) in [5.41, 5.74) is 1.34. The third-order valence-corrected chi connectivity index (χ3v) is 1.82. The van der Waals surface area contributed by atoms with Gasteiger partial charge in [-0.1, -0.05) is 20.8 Å². The molecule has 1 atom stereocenters. The monoisotopic (exact) mass is 182 g/mol. The molecular formula is C7H13F3N2. The lowest BCUT2D eigenvalue weighted by molar-refractivity contribution is -0.210. The van der Waals surface area contributed by atoms with Crippen LogP contribution in [0.4, 0.5) is 13.2 Å². The summed E-state index contributed by atoms with van der Waals surface area (Å²) in [5.74, 6) is 0. The highest BCUT2D eigenvalue weighted by atomic mass is 19.4. The van der Waals surface area contributed by atoms with Crippen LogP contribution in [0.25, 0.3) is 0 Å². The number of hydrogen-bond donors (Lipinski definition) is 1. The van der Waals surface area contributed by atoms with Crippen molar-refractivity contribution < 1.29 is 13.2 Å². The highest BCUT2D eigenvalue weighted by molar-refractivity contribution is 5.27. The normalized spacial score (nSPS) is 18.6. The van der Waals surface area contributed by atoms with Gasteiger partial charge in [0, 0.05) is 5.41 Å². The SMILES string of the molecule is C=NC(N)(C(C)(C)C)C(F)(F)F. The second-order valence-electron chi connectivity index (χ2n) is 3.67. The lowest BCUT2D eigenvalue weighted by Gasteiger charge is -2.38. The molecule has 0 aliphatic heterocycles. The number of alkyl halides is 3. The third-order valence-electron chi connectivity index (χ3n) is 1.82. The van der Waals surface area contributed by atoms with Crippen LogP contribution in [0, 0.1) is 5.41 Å². The first-order valence-corrected chi connectivity index (χ1v) is 3.40. The van der Waals surface area contributed by atoms with E-state index in [2.05, 4.69) is 11.7 Å². The van der Waals surface area contributed by atoms with Crippen LogP contribution in [0.2, 0.25) is 0 Å². The number of halogens is 3. The Kier molecular flexibility index (Phi) is 2.59. The highest BCUT2D eigenvalue weighted by Crippen LogP contribution is 2.41. The Labute approximate surface area is 69.7 Å². The fraction of sp³-hybridized carbons (Fsp3) is 0.857. The van der Waals surface area contributed by atoms with Gasteiger partial charge in [-0.15, -0.1) is 0 Å². The fourth-order valence-corrected chi connectivity index (χ4v) is 0.752. The summed E-state index contributed by atoms with van der Waals surface area (Å²) in [7, 11) is 0. The van der Waals surface area contributed by atoms with Crippen LogP contribution in [0.1, 0.15) is 20.8 Å². The van der Waals surface area contributed by atoms with Crippen molar-refractivity contribution in [3.8, 4) is 0 Å². The third kappa shape index (κ3) is 1.60. The first-order chi connectivity index (χ1) is 5.06. The molecule has 0 radical (unpaired) electrons. The van der Waals surface area contributed by atoms with E-state index < -0.39 is 17.3 Å². The molecule has 0 aromatic rings. The van der Waals surface area contributed by atoms with E-state index in [-0.39, 0.29) is 0 Å². The topological polar surface area (TPSA) is 38.4 Å². The van der Waals surface area contributed by atoms with Crippen molar-refractivity contribution in [3.05, 3.63) is 0 Å². The molecule has 2 N–H and O–H groups in total. The second kappa shape index (κ2) is 2.73. The summed E-state index contributed by atoms with van der Waals surface area (Å²) < 4.78 is 37.0. The largest absolute Gasteiger partial charge is 0.427 e. The van der Waals surface area contributed by atoms with Crippen LogP contribution in [-0.2, 0) is 0 Å². The molecule has 0 amide bonds. The molecule has 1 unspecified atom stereocenters. The summed E-state index contributed by atoms with van der Waals surface area (Å²) in [6, 6.07) is 0. The van der Waals surface area contributed by atoms with Gasteiger partial charge in [0.25, 0.3) is 0 Å². The minimum absolute atomic E-state index is 1.19. The number of aliphatic imine (C=N–C) groups is 1. The van der Waals surface area contributed by atoms with Gasteiger partial charge < -0.3 is 0 Å². The van der Waals surface area contributed by atoms with Crippen molar-refractivity contribution >= 4 is 6.72 Å². The zero-order chi connectivity index (χ0) is 10.2. The molecule has 0 rings (SSSR count). The number of nitrogens with zero attached hydrogens (tertiary/aromatic N) is 1. The minimum atomic E-state index is -4.56. The van der Waals surface area contributed by atoms with Gasteiger partial charge in [0.15, 0.2) is 0 Å². The van der Waals surface area contributed by atoms with Crippen LogP contribution in [0.15, 0.2) is 4.99 Å². The quantitative estimate of drug-likeness (QED) is 0.618. The molecule has 5 heteroatoms. The molecule has 72 valence electrons. The molecule has 0 saturated carbocycles. The smallest absolute Gasteiger partial charge is 0.299 e. The van der Waals surface area contributed by atoms with Crippen LogP contribution in [-0.4, -0.2) is 18.6 Å². The Morgan fingerprint density at radius 3 is 1.50 bits per heavy atom. The number of rotatable bonds is 1. The molecule has 0 saturated heterocycles. The van der Waals surface area contributed by atoms with Crippen LogP contribution in [0.3, 0.4) is 0 Å². The maximum Gasteiger partial charge on any atom is 0.427 e. The lowest BCUT2D eigenvalue weighted by atomic mass is 9.81. The van der Waals surface area contributed by atoms with Crippen molar-refractivity contribution in [2.24, 2.45) is 16.1 Å². The molecule has 0 spiro atoms. The van der Waals surface area contributed by atoms with Gasteiger partial charge in [-0.25, -0.2) is 0 Å². The Morgan fingerprint density at radius 1 is 1.17 bits per heavy atom. The van der Waals surface area contributed by atoms with Gasteiger partial charge in [-0.2, -0.15) is 13.2 Å². The van der Waals surface area contributed by atoms with E-state index in [4.69, 9.17) is 5.73 Å². The van der Waals surface area contributed by atoms with Crippen molar-refractivity contribution in [1.29, 1.82) is 0 Å². The Hall–Kier alpha value is -0.580. The molecular weight excluding hydrogens is 169 g/mol. The molecule has 0 aliphatic carbocycles. The molecule has 0 fully saturated rings.